The summed E-state index contributed by atoms with van der Waals surface area (Å²) in [7, 11) is 0. The SMILES string of the molecule is Fc1ccc(Br)c(CSc2ccc(Cl)cc2)c1. The van der Waals surface area contributed by atoms with E-state index in [4.69, 9.17) is 11.6 Å². The second-order valence-corrected chi connectivity index (χ2v) is 5.82. The van der Waals surface area contributed by atoms with Crippen molar-refractivity contribution >= 4 is 39.3 Å². The van der Waals surface area contributed by atoms with Crippen molar-refractivity contribution in [3.8, 4) is 0 Å². The quantitative estimate of drug-likeness (QED) is 0.666. The molecule has 0 N–H and O–H groups in total. The summed E-state index contributed by atoms with van der Waals surface area (Å²) in [6.45, 7) is 0. The van der Waals surface area contributed by atoms with E-state index in [0.717, 1.165) is 25.7 Å². The summed E-state index contributed by atoms with van der Waals surface area (Å²) in [4.78, 5) is 1.12. The van der Waals surface area contributed by atoms with Crippen LogP contribution < -0.4 is 0 Å². The molecule has 0 nitrogen and oxygen atoms in total. The molecule has 0 radical (unpaired) electrons. The Bertz CT molecular complexity index is 513. The van der Waals surface area contributed by atoms with Crippen molar-refractivity contribution < 1.29 is 4.39 Å². The van der Waals surface area contributed by atoms with E-state index in [0.29, 0.717) is 0 Å². The minimum absolute atomic E-state index is 0.208. The Kier molecular flexibility index (Phi) is 4.48. The lowest BCUT2D eigenvalue weighted by Gasteiger charge is -2.05. The summed E-state index contributed by atoms with van der Waals surface area (Å²) in [5, 5.41) is 0.723. The van der Waals surface area contributed by atoms with E-state index >= 15 is 0 Å². The first-order chi connectivity index (χ1) is 8.15. The maximum Gasteiger partial charge on any atom is 0.123 e. The smallest absolute Gasteiger partial charge is 0.123 e. The van der Waals surface area contributed by atoms with Crippen LogP contribution in [-0.2, 0) is 5.75 Å². The molecular formula is C13H9BrClFS. The lowest BCUT2D eigenvalue weighted by atomic mass is 10.2. The van der Waals surface area contributed by atoms with Gasteiger partial charge in [-0.3, -0.25) is 0 Å². The van der Waals surface area contributed by atoms with E-state index in [9.17, 15) is 4.39 Å². The molecule has 0 aliphatic rings. The van der Waals surface area contributed by atoms with Crippen LogP contribution in [0, 0.1) is 5.82 Å². The molecule has 0 bridgehead atoms. The maximum absolute atomic E-state index is 13.1. The van der Waals surface area contributed by atoms with Crippen LogP contribution in [0.1, 0.15) is 5.56 Å². The molecule has 0 fully saturated rings. The highest BCUT2D eigenvalue weighted by Crippen LogP contribution is 2.28. The third-order valence-electron chi connectivity index (χ3n) is 2.22. The van der Waals surface area contributed by atoms with Gasteiger partial charge in [-0.25, -0.2) is 4.39 Å². The zero-order chi connectivity index (χ0) is 12.3. The number of hydrogen-bond donors (Lipinski definition) is 0. The molecule has 17 heavy (non-hydrogen) atoms. The Morgan fingerprint density at radius 1 is 1.12 bits per heavy atom. The number of rotatable bonds is 3. The summed E-state index contributed by atoms with van der Waals surface area (Å²) < 4.78 is 14.0. The largest absolute Gasteiger partial charge is 0.207 e. The lowest BCUT2D eigenvalue weighted by Crippen LogP contribution is -1.85. The highest BCUT2D eigenvalue weighted by atomic mass is 79.9. The van der Waals surface area contributed by atoms with Crippen molar-refractivity contribution in [3.05, 3.63) is 63.3 Å². The van der Waals surface area contributed by atoms with Gasteiger partial charge in [-0.15, -0.1) is 11.8 Å². The molecule has 0 atom stereocenters. The molecule has 4 heteroatoms. The fourth-order valence-electron chi connectivity index (χ4n) is 1.35. The van der Waals surface area contributed by atoms with Crippen molar-refractivity contribution in [2.45, 2.75) is 10.6 Å². The van der Waals surface area contributed by atoms with Gasteiger partial charge in [0.2, 0.25) is 0 Å². The van der Waals surface area contributed by atoms with Crippen LogP contribution in [0.25, 0.3) is 0 Å². The van der Waals surface area contributed by atoms with Crippen molar-refractivity contribution in [1.29, 1.82) is 0 Å². The molecule has 2 aromatic rings. The number of thioether (sulfide) groups is 1. The third kappa shape index (κ3) is 3.73. The van der Waals surface area contributed by atoms with Crippen molar-refractivity contribution in [2.75, 3.05) is 0 Å². The zero-order valence-corrected chi connectivity index (χ0v) is 11.9. The third-order valence-corrected chi connectivity index (χ3v) is 4.30. The normalized spacial score (nSPS) is 10.5. The van der Waals surface area contributed by atoms with Crippen LogP contribution in [0.3, 0.4) is 0 Å². The Hall–Kier alpha value is -0.510. The fourth-order valence-corrected chi connectivity index (χ4v) is 2.93. The van der Waals surface area contributed by atoms with Gasteiger partial charge in [-0.05, 0) is 48.0 Å². The van der Waals surface area contributed by atoms with E-state index in [1.807, 2.05) is 24.3 Å². The summed E-state index contributed by atoms with van der Waals surface area (Å²) in [6, 6.07) is 12.3. The predicted octanol–water partition coefficient (Wildman–Crippen LogP) is 5.53. The van der Waals surface area contributed by atoms with Crippen molar-refractivity contribution in [3.63, 3.8) is 0 Å². The van der Waals surface area contributed by atoms with Crippen LogP contribution in [-0.4, -0.2) is 0 Å². The molecule has 0 spiro atoms. The van der Waals surface area contributed by atoms with Crippen LogP contribution in [0.4, 0.5) is 4.39 Å². The van der Waals surface area contributed by atoms with E-state index in [2.05, 4.69) is 15.9 Å². The first-order valence-corrected chi connectivity index (χ1v) is 7.13. The number of benzene rings is 2. The van der Waals surface area contributed by atoms with Gasteiger partial charge in [-0.2, -0.15) is 0 Å². The molecule has 2 aromatic carbocycles. The first-order valence-electron chi connectivity index (χ1n) is 4.97. The predicted molar refractivity (Wildman–Crippen MR) is 75.1 cm³/mol. The molecule has 0 aliphatic heterocycles. The minimum atomic E-state index is -0.208. The molecule has 2 rings (SSSR count). The highest BCUT2D eigenvalue weighted by Gasteiger charge is 2.03. The Morgan fingerprint density at radius 2 is 1.82 bits per heavy atom. The van der Waals surface area contributed by atoms with E-state index in [1.165, 1.54) is 6.07 Å². The number of hydrogen-bond acceptors (Lipinski definition) is 1. The van der Waals surface area contributed by atoms with Gasteiger partial charge in [0.15, 0.2) is 0 Å². The summed E-state index contributed by atoms with van der Waals surface area (Å²) in [6.07, 6.45) is 0. The van der Waals surface area contributed by atoms with Gasteiger partial charge in [0.05, 0.1) is 0 Å². The second-order valence-electron chi connectivity index (χ2n) is 3.48. The Labute approximate surface area is 117 Å². The Morgan fingerprint density at radius 3 is 2.53 bits per heavy atom. The van der Waals surface area contributed by atoms with Gasteiger partial charge in [0, 0.05) is 20.1 Å². The van der Waals surface area contributed by atoms with Crippen LogP contribution in [0.2, 0.25) is 5.02 Å². The van der Waals surface area contributed by atoms with Gasteiger partial charge in [-0.1, -0.05) is 27.5 Å². The molecule has 0 aromatic heterocycles. The lowest BCUT2D eigenvalue weighted by molar-refractivity contribution is 0.626. The van der Waals surface area contributed by atoms with Gasteiger partial charge < -0.3 is 0 Å². The molecule has 0 unspecified atom stereocenters. The summed E-state index contributed by atoms with van der Waals surface area (Å²) >= 11 is 10.9. The average molecular weight is 332 g/mol. The van der Waals surface area contributed by atoms with Gasteiger partial charge >= 0.3 is 0 Å². The van der Waals surface area contributed by atoms with Crippen LogP contribution >= 0.6 is 39.3 Å². The van der Waals surface area contributed by atoms with Crippen LogP contribution in [0.5, 0.6) is 0 Å². The Balaban J connectivity index is 2.07. The molecular weight excluding hydrogens is 323 g/mol. The molecule has 0 saturated carbocycles. The monoisotopic (exact) mass is 330 g/mol. The summed E-state index contributed by atoms with van der Waals surface area (Å²) in [5.74, 6) is 0.514. The molecule has 0 aliphatic carbocycles. The highest BCUT2D eigenvalue weighted by molar-refractivity contribution is 9.10. The average Bonchev–Trinajstić information content (AvgIpc) is 2.32. The minimum Gasteiger partial charge on any atom is -0.207 e. The molecule has 0 amide bonds. The van der Waals surface area contributed by atoms with Gasteiger partial charge in [0.1, 0.15) is 5.82 Å². The maximum atomic E-state index is 13.1. The van der Waals surface area contributed by atoms with E-state index in [-0.39, 0.29) is 5.82 Å². The second kappa shape index (κ2) is 5.89. The standard InChI is InChI=1S/C13H9BrClFS/c14-13-6-3-11(16)7-9(13)8-17-12-4-1-10(15)2-5-12/h1-7H,8H2. The molecule has 0 saturated heterocycles. The zero-order valence-electron chi connectivity index (χ0n) is 8.79. The van der Waals surface area contributed by atoms with Gasteiger partial charge in [0.25, 0.3) is 0 Å². The number of halogens is 3. The fraction of sp³-hybridized carbons (Fsp3) is 0.0769. The van der Waals surface area contributed by atoms with Crippen LogP contribution in [0.15, 0.2) is 51.8 Å². The van der Waals surface area contributed by atoms with Crippen molar-refractivity contribution in [1.82, 2.24) is 0 Å². The first kappa shape index (κ1) is 12.9. The summed E-state index contributed by atoms with van der Waals surface area (Å²) in [5.41, 5.74) is 0.949. The topological polar surface area (TPSA) is 0 Å². The van der Waals surface area contributed by atoms with Crippen molar-refractivity contribution in [2.24, 2.45) is 0 Å². The molecule has 0 heterocycles. The van der Waals surface area contributed by atoms with E-state index in [1.54, 1.807) is 23.9 Å². The van der Waals surface area contributed by atoms with E-state index < -0.39 is 0 Å². The molecule has 88 valence electrons.